The summed E-state index contributed by atoms with van der Waals surface area (Å²) in [5.74, 6) is -1.13. The predicted octanol–water partition coefficient (Wildman–Crippen LogP) is 1.95. The smallest absolute Gasteiger partial charge is 0.335 e. The van der Waals surface area contributed by atoms with Crippen molar-refractivity contribution in [2.24, 2.45) is 0 Å². The summed E-state index contributed by atoms with van der Waals surface area (Å²) in [5, 5.41) is 11.6. The van der Waals surface area contributed by atoms with Crippen molar-refractivity contribution in [1.29, 1.82) is 0 Å². The van der Waals surface area contributed by atoms with Gasteiger partial charge in [0, 0.05) is 6.20 Å². The highest BCUT2D eigenvalue weighted by molar-refractivity contribution is 5.87. The maximum atomic E-state index is 11.8. The first-order chi connectivity index (χ1) is 10.0. The molecule has 1 heterocycles. The van der Waals surface area contributed by atoms with Crippen LogP contribution in [0.15, 0.2) is 42.6 Å². The van der Waals surface area contributed by atoms with E-state index in [9.17, 15) is 9.59 Å². The van der Waals surface area contributed by atoms with Crippen molar-refractivity contribution in [1.82, 2.24) is 10.3 Å². The van der Waals surface area contributed by atoms with Crippen molar-refractivity contribution < 1.29 is 14.7 Å². The summed E-state index contributed by atoms with van der Waals surface area (Å²) in [7, 11) is 0. The number of amides is 1. The molecule has 0 aliphatic carbocycles. The highest BCUT2D eigenvalue weighted by Gasteiger charge is 2.06. The van der Waals surface area contributed by atoms with Gasteiger partial charge in [-0.05, 0) is 24.6 Å². The van der Waals surface area contributed by atoms with Gasteiger partial charge in [-0.3, -0.25) is 9.78 Å². The number of aromatic carboxylic acids is 1. The highest BCUT2D eigenvalue weighted by Crippen LogP contribution is 2.05. The van der Waals surface area contributed by atoms with Crippen LogP contribution in [0, 0.1) is 6.92 Å². The topological polar surface area (TPSA) is 79.3 Å². The fourth-order valence-electron chi connectivity index (χ4n) is 1.85. The molecule has 0 saturated carbocycles. The Kier molecular flexibility index (Phi) is 4.66. The van der Waals surface area contributed by atoms with Crippen LogP contribution in [0.5, 0.6) is 0 Å². The summed E-state index contributed by atoms with van der Waals surface area (Å²) >= 11 is 0. The lowest BCUT2D eigenvalue weighted by molar-refractivity contribution is -0.120. The van der Waals surface area contributed by atoms with Gasteiger partial charge < -0.3 is 10.4 Å². The Morgan fingerprint density at radius 1 is 1.19 bits per heavy atom. The van der Waals surface area contributed by atoms with E-state index in [-0.39, 0.29) is 18.0 Å². The normalized spacial score (nSPS) is 10.1. The van der Waals surface area contributed by atoms with Crippen molar-refractivity contribution in [3.63, 3.8) is 0 Å². The van der Waals surface area contributed by atoms with Gasteiger partial charge in [-0.15, -0.1) is 0 Å². The second-order valence-corrected chi connectivity index (χ2v) is 4.78. The fraction of sp³-hybridized carbons (Fsp3) is 0.188. The third-order valence-corrected chi connectivity index (χ3v) is 3.02. The minimum Gasteiger partial charge on any atom is -0.478 e. The Balaban J connectivity index is 1.90. The zero-order valence-corrected chi connectivity index (χ0v) is 11.7. The van der Waals surface area contributed by atoms with Crippen molar-refractivity contribution in [2.45, 2.75) is 19.9 Å². The quantitative estimate of drug-likeness (QED) is 0.879. The molecule has 2 rings (SSSR count). The van der Waals surface area contributed by atoms with Crippen LogP contribution in [0.2, 0.25) is 0 Å². The molecule has 5 nitrogen and oxygen atoms in total. The summed E-state index contributed by atoms with van der Waals surface area (Å²) in [6, 6.07) is 10.6. The second kappa shape index (κ2) is 6.65. The van der Waals surface area contributed by atoms with Crippen molar-refractivity contribution >= 4 is 11.9 Å². The molecule has 0 atom stereocenters. The maximum Gasteiger partial charge on any atom is 0.335 e. The summed E-state index contributed by atoms with van der Waals surface area (Å²) < 4.78 is 0. The molecule has 2 N–H and O–H groups in total. The number of hydrogen-bond donors (Lipinski definition) is 2. The Hall–Kier alpha value is -2.69. The van der Waals surface area contributed by atoms with Gasteiger partial charge in [0.15, 0.2) is 0 Å². The van der Waals surface area contributed by atoms with E-state index < -0.39 is 5.97 Å². The van der Waals surface area contributed by atoms with E-state index in [0.717, 1.165) is 11.1 Å². The van der Waals surface area contributed by atoms with Crippen LogP contribution in [0.4, 0.5) is 0 Å². The molecule has 0 radical (unpaired) electrons. The lowest BCUT2D eigenvalue weighted by Crippen LogP contribution is -2.25. The number of hydrogen-bond acceptors (Lipinski definition) is 3. The SMILES string of the molecule is Cc1ccc(CC(=O)NCc2cc(C(=O)O)ccn2)cc1. The van der Waals surface area contributed by atoms with E-state index in [1.807, 2.05) is 31.2 Å². The summed E-state index contributed by atoms with van der Waals surface area (Å²) in [6.45, 7) is 2.21. The molecule has 0 spiro atoms. The zero-order valence-electron chi connectivity index (χ0n) is 11.7. The van der Waals surface area contributed by atoms with Crippen LogP contribution in [0.25, 0.3) is 0 Å². The molecule has 1 amide bonds. The monoisotopic (exact) mass is 284 g/mol. The number of benzene rings is 1. The first-order valence-electron chi connectivity index (χ1n) is 6.55. The van der Waals surface area contributed by atoms with Crippen LogP contribution in [-0.4, -0.2) is 22.0 Å². The van der Waals surface area contributed by atoms with Gasteiger partial charge >= 0.3 is 5.97 Å². The fourth-order valence-corrected chi connectivity index (χ4v) is 1.85. The van der Waals surface area contributed by atoms with Crippen LogP contribution in [-0.2, 0) is 17.8 Å². The Labute approximate surface area is 122 Å². The average molecular weight is 284 g/mol. The molecular weight excluding hydrogens is 268 g/mol. The zero-order chi connectivity index (χ0) is 15.2. The standard InChI is InChI=1S/C16H16N2O3/c1-11-2-4-12(5-3-11)8-15(19)18-10-14-9-13(16(20)21)6-7-17-14/h2-7,9H,8,10H2,1H3,(H,18,19)(H,20,21). The lowest BCUT2D eigenvalue weighted by Gasteiger charge is -2.06. The Bertz CT molecular complexity index is 651. The molecular formula is C16H16N2O3. The van der Waals surface area contributed by atoms with Crippen LogP contribution in [0.1, 0.15) is 27.2 Å². The van der Waals surface area contributed by atoms with Gasteiger partial charge in [0.1, 0.15) is 0 Å². The second-order valence-electron chi connectivity index (χ2n) is 4.78. The molecule has 1 aromatic carbocycles. The number of aryl methyl sites for hydroxylation is 1. The van der Waals surface area contributed by atoms with Crippen molar-refractivity contribution in [3.8, 4) is 0 Å². The molecule has 5 heteroatoms. The number of carbonyl (C=O) groups is 2. The number of nitrogens with zero attached hydrogens (tertiary/aromatic N) is 1. The van der Waals surface area contributed by atoms with Gasteiger partial charge in [0.05, 0.1) is 24.2 Å². The van der Waals surface area contributed by atoms with E-state index in [1.165, 1.54) is 18.3 Å². The highest BCUT2D eigenvalue weighted by atomic mass is 16.4. The molecule has 2 aromatic rings. The van der Waals surface area contributed by atoms with Gasteiger partial charge in [-0.1, -0.05) is 29.8 Å². The van der Waals surface area contributed by atoms with Crippen molar-refractivity contribution in [2.75, 3.05) is 0 Å². The van der Waals surface area contributed by atoms with Gasteiger partial charge in [-0.2, -0.15) is 0 Å². The maximum absolute atomic E-state index is 11.8. The molecule has 21 heavy (non-hydrogen) atoms. The number of rotatable bonds is 5. The summed E-state index contributed by atoms with van der Waals surface area (Å²) in [6.07, 6.45) is 1.71. The number of pyridine rings is 1. The Morgan fingerprint density at radius 3 is 2.57 bits per heavy atom. The van der Waals surface area contributed by atoms with Gasteiger partial charge in [0.2, 0.25) is 5.91 Å². The molecule has 0 fully saturated rings. The van der Waals surface area contributed by atoms with Crippen molar-refractivity contribution in [3.05, 3.63) is 65.0 Å². The summed E-state index contributed by atoms with van der Waals surface area (Å²) in [5.41, 5.74) is 2.76. The number of aromatic nitrogens is 1. The predicted molar refractivity (Wildman–Crippen MR) is 77.9 cm³/mol. The summed E-state index contributed by atoms with van der Waals surface area (Å²) in [4.78, 5) is 26.7. The van der Waals surface area contributed by atoms with Crippen LogP contribution < -0.4 is 5.32 Å². The molecule has 1 aromatic heterocycles. The van der Waals surface area contributed by atoms with Gasteiger partial charge in [0.25, 0.3) is 0 Å². The van der Waals surface area contributed by atoms with Crippen LogP contribution in [0.3, 0.4) is 0 Å². The minimum atomic E-state index is -1.01. The first-order valence-corrected chi connectivity index (χ1v) is 6.55. The number of nitrogens with one attached hydrogen (secondary N) is 1. The van der Waals surface area contributed by atoms with E-state index in [1.54, 1.807) is 0 Å². The third kappa shape index (κ3) is 4.42. The molecule has 0 aliphatic rings. The first kappa shape index (κ1) is 14.7. The number of carboxylic acids is 1. The van der Waals surface area contributed by atoms with E-state index in [4.69, 9.17) is 5.11 Å². The number of carboxylic acid groups (broad SMARTS) is 1. The number of carbonyl (C=O) groups excluding carboxylic acids is 1. The average Bonchev–Trinajstić information content (AvgIpc) is 2.48. The lowest BCUT2D eigenvalue weighted by atomic mass is 10.1. The van der Waals surface area contributed by atoms with E-state index in [2.05, 4.69) is 10.3 Å². The van der Waals surface area contributed by atoms with Crippen LogP contribution >= 0.6 is 0 Å². The third-order valence-electron chi connectivity index (χ3n) is 3.02. The minimum absolute atomic E-state index is 0.124. The molecule has 0 unspecified atom stereocenters. The molecule has 0 aliphatic heterocycles. The molecule has 0 saturated heterocycles. The largest absolute Gasteiger partial charge is 0.478 e. The van der Waals surface area contributed by atoms with Gasteiger partial charge in [-0.25, -0.2) is 4.79 Å². The molecule has 0 bridgehead atoms. The Morgan fingerprint density at radius 2 is 1.90 bits per heavy atom. The molecule has 108 valence electrons. The van der Waals surface area contributed by atoms with E-state index in [0.29, 0.717) is 12.1 Å². The van der Waals surface area contributed by atoms with E-state index >= 15 is 0 Å².